The molecule has 16 rings (SSSR count). The molecule has 0 spiro atoms. The van der Waals surface area contributed by atoms with E-state index in [1.807, 2.05) is 27.9 Å². The Hall–Kier alpha value is -5.96. The van der Waals surface area contributed by atoms with E-state index in [0.29, 0.717) is 101 Å². The van der Waals surface area contributed by atoms with Gasteiger partial charge in [0.25, 0.3) is 0 Å². The van der Waals surface area contributed by atoms with Gasteiger partial charge in [-0.05, 0) is 423 Å². The van der Waals surface area contributed by atoms with Gasteiger partial charge >= 0.3 is 0 Å². The second kappa shape index (κ2) is 32.7. The fraction of sp³-hybridized carbons (Fsp3) is 0.600. The second-order valence-electron chi connectivity index (χ2n) is 38.8. The zero-order valence-electron chi connectivity index (χ0n) is 75.6. The van der Waals surface area contributed by atoms with Crippen molar-refractivity contribution in [2.24, 2.45) is 76.9 Å². The summed E-state index contributed by atoms with van der Waals surface area (Å²) in [5.74, 6) is 12.6. The highest BCUT2D eigenvalue weighted by atomic mass is 32.2. The zero-order valence-corrected chi connectivity index (χ0v) is 77.2. The monoisotopic (exact) mass is 1560 g/mol. The Bertz CT molecular complexity index is 4990. The van der Waals surface area contributed by atoms with Crippen molar-refractivity contribution in [2.75, 3.05) is 26.1 Å². The van der Waals surface area contributed by atoms with Gasteiger partial charge in [0.1, 0.15) is 0 Å². The van der Waals surface area contributed by atoms with E-state index in [-0.39, 0.29) is 0 Å². The molecule has 6 nitrogen and oxygen atoms in total. The lowest BCUT2D eigenvalue weighted by atomic mass is 9.46. The van der Waals surface area contributed by atoms with Crippen molar-refractivity contribution in [3.63, 3.8) is 0 Å². The lowest BCUT2D eigenvalue weighted by Gasteiger charge is -2.58. The van der Waals surface area contributed by atoms with E-state index in [4.69, 9.17) is 20.2 Å². The number of rotatable bonds is 17. The number of fused-ring (bicyclic) bond motifs is 4. The quantitative estimate of drug-likeness (QED) is 0.0391. The Labute approximate surface area is 692 Å². The van der Waals surface area contributed by atoms with Crippen molar-refractivity contribution in [1.29, 1.82) is 0 Å². The Morgan fingerprint density at radius 2 is 1.04 bits per heavy atom. The molecule has 0 saturated heterocycles. The van der Waals surface area contributed by atoms with Crippen molar-refractivity contribution in [3.8, 4) is 0 Å². The third kappa shape index (κ3) is 13.6. The molecule has 0 bridgehead atoms. The van der Waals surface area contributed by atoms with E-state index in [2.05, 4.69) is 247 Å². The van der Waals surface area contributed by atoms with E-state index in [1.165, 1.54) is 138 Å². The summed E-state index contributed by atoms with van der Waals surface area (Å²) >= 11 is 4.32. The van der Waals surface area contributed by atoms with Crippen LogP contribution in [0.5, 0.6) is 0 Å². The van der Waals surface area contributed by atoms with Crippen molar-refractivity contribution >= 4 is 56.7 Å². The third-order valence-corrected chi connectivity index (χ3v) is 35.6. The molecular formula is C105H142N2O4S2. The number of thioether (sulfide) groups is 2. The molecule has 8 heteroatoms. The second-order valence-corrected chi connectivity index (χ2v) is 40.7. The average molecular weight is 1560 g/mol. The summed E-state index contributed by atoms with van der Waals surface area (Å²) in [5, 5.41) is 24.0. The van der Waals surface area contributed by atoms with Crippen LogP contribution >= 0.6 is 23.5 Å². The molecular weight excluding hydrogens is 1420 g/mol. The number of aryl methyl sites for hydroxylation is 8. The third-order valence-electron chi connectivity index (χ3n) is 33.2. The molecule has 0 aliphatic heterocycles. The summed E-state index contributed by atoms with van der Waals surface area (Å²) in [6, 6.07) is 7.80. The number of nitrogens with zero attached hydrogens (tertiary/aromatic N) is 2. The highest BCUT2D eigenvalue weighted by molar-refractivity contribution is 7.99. The first kappa shape index (κ1) is 84.9. The first-order chi connectivity index (χ1) is 53.4. The Balaban J connectivity index is 0.000000257. The number of nitro groups is 2. The van der Waals surface area contributed by atoms with Crippen LogP contribution in [0.1, 0.15) is 331 Å². The predicted octanol–water partition coefficient (Wildman–Crippen LogP) is 29.6. The molecule has 0 N–H and O–H groups in total. The summed E-state index contributed by atoms with van der Waals surface area (Å²) in [5.41, 5.74) is 50.9. The van der Waals surface area contributed by atoms with Crippen LogP contribution in [-0.4, -0.2) is 36.0 Å². The minimum Gasteiger partial charge on any atom is -0.265 e. The number of benzene rings is 6. The van der Waals surface area contributed by atoms with Gasteiger partial charge in [-0.25, -0.2) is 0 Å². The molecule has 6 aromatic carbocycles. The number of unbranched alkanes of at least 4 members (excludes halogenated alkanes) is 6. The van der Waals surface area contributed by atoms with Gasteiger partial charge in [0.05, 0.1) is 0 Å². The maximum absolute atomic E-state index is 8.81. The molecule has 0 amide bonds. The van der Waals surface area contributed by atoms with Crippen molar-refractivity contribution in [2.45, 2.75) is 316 Å². The number of allylic oxidation sites excluding steroid dienone is 9. The summed E-state index contributed by atoms with van der Waals surface area (Å²) in [6.45, 7) is 67.2. The van der Waals surface area contributed by atoms with E-state index >= 15 is 0 Å². The van der Waals surface area contributed by atoms with Crippen LogP contribution in [-0.2, 0) is 12.8 Å². The van der Waals surface area contributed by atoms with Gasteiger partial charge in [-0.3, -0.25) is 20.2 Å². The molecule has 0 aromatic heterocycles. The van der Waals surface area contributed by atoms with Crippen LogP contribution in [0.25, 0.3) is 33.2 Å². The van der Waals surface area contributed by atoms with Crippen LogP contribution in [0.4, 0.5) is 0 Å². The number of hydrogen-bond acceptors (Lipinski definition) is 6. The summed E-state index contributed by atoms with van der Waals surface area (Å²) in [6.07, 6.45) is 25.2. The normalized spacial score (nSPS) is 28.8. The average Bonchev–Trinajstić information content (AvgIpc) is 1.62. The van der Waals surface area contributed by atoms with Gasteiger partial charge in [0.2, 0.25) is 0 Å². The van der Waals surface area contributed by atoms with Crippen LogP contribution in [0.15, 0.2) is 73.1 Å². The van der Waals surface area contributed by atoms with E-state index in [1.54, 1.807) is 115 Å². The van der Waals surface area contributed by atoms with Gasteiger partial charge in [-0.15, -0.1) is 23.5 Å². The van der Waals surface area contributed by atoms with Gasteiger partial charge in [-0.2, -0.15) is 0 Å². The van der Waals surface area contributed by atoms with Crippen molar-refractivity contribution in [1.82, 2.24) is 0 Å². The molecule has 10 aliphatic rings. The maximum Gasteiger partial charge on any atom is 0.194 e. The maximum atomic E-state index is 8.81. The minimum absolute atomic E-state index is 0.335. The van der Waals surface area contributed by atoms with E-state index < -0.39 is 9.85 Å². The van der Waals surface area contributed by atoms with Gasteiger partial charge < -0.3 is 0 Å². The SMILES string of the molecule is CCCCCCC1C(C)C2=CC3=Cc4c(CCc5c(C)cc(C)c6c5C(C)C(C)CC6C)cc5c(C)c(SC)c6c7c5c4C4=C5C(=C8C(=C2C(C8CSc2c(C)c(C)c(C)c(C)c2C)C1C)C34)C(C)C(C)C(C57)C(C)C6C.CCCCCCC1c2c(c(C)c(C)c3c(C)c(C)cc(C)c23)C(C)C(C)C1C.C[N+](=O)[O-].C[N+](=O)[O-]. The molecule has 10 aliphatic carbocycles. The van der Waals surface area contributed by atoms with E-state index in [0.717, 1.165) is 38.8 Å². The fourth-order valence-electron chi connectivity index (χ4n) is 26.5. The highest BCUT2D eigenvalue weighted by Gasteiger charge is 2.62. The molecule has 0 radical (unpaired) electrons. The largest absolute Gasteiger partial charge is 0.265 e. The highest BCUT2D eigenvalue weighted by Crippen LogP contribution is 2.75. The summed E-state index contributed by atoms with van der Waals surface area (Å²) < 4.78 is 0. The first-order valence-corrected chi connectivity index (χ1v) is 47.0. The van der Waals surface area contributed by atoms with E-state index in [9.17, 15) is 0 Å². The van der Waals surface area contributed by atoms with Gasteiger partial charge in [0, 0.05) is 43.1 Å². The smallest absolute Gasteiger partial charge is 0.194 e. The summed E-state index contributed by atoms with van der Waals surface area (Å²) in [4.78, 5) is 19.8. The number of hydrogen-bond donors (Lipinski definition) is 0. The van der Waals surface area contributed by atoms with Crippen LogP contribution < -0.4 is 0 Å². The molecule has 608 valence electrons. The standard InChI is InChI=1S/C75H94S2.C28H42.2CH3NO2/c1-20-21-22-23-24-53-47(16)54-30-51-31-56-50(25-26-52-34(3)28-36(5)58-35(4)27-33(2)37(6)60(52)58)29-55-49(18)75(76-19)63-44(13)42(11)59-41(10)43(12)62-68-57(32-77-74-45(14)39(8)38(7)40(9)46(74)15)61(48(53)17)65(54)72(68)64(51)73-67(56)66(55)71(63)69(59)70(62)73;1-10-11-12-13-14-24-20(6)19(5)21(7)27-23(9)22(8)26-18(4)16(2)15-17(3)25(26)28(24)27;2*1-2(3)4/h28-31,33,35,37,41-44,47-48,53,57,59,61,64,69H,20-27,32H2,1-19H3;15,19-21,24H,10-14H2,1-9H3;2*1H3. The Morgan fingerprint density at radius 3 is 1.66 bits per heavy atom. The zero-order chi connectivity index (χ0) is 82.3. The van der Waals surface area contributed by atoms with Crippen LogP contribution in [0.2, 0.25) is 0 Å². The Kier molecular flexibility index (Phi) is 24.6. The Morgan fingerprint density at radius 1 is 0.451 bits per heavy atom. The molecule has 2 fully saturated rings. The van der Waals surface area contributed by atoms with Crippen LogP contribution in [0.3, 0.4) is 0 Å². The lowest BCUT2D eigenvalue weighted by molar-refractivity contribution is -0.445. The minimum atomic E-state index is -0.500. The molecule has 113 heavy (non-hydrogen) atoms. The predicted molar refractivity (Wildman–Crippen MR) is 487 cm³/mol. The fourth-order valence-corrected chi connectivity index (χ4v) is 28.8. The molecule has 2 saturated carbocycles. The van der Waals surface area contributed by atoms with Crippen molar-refractivity contribution in [3.05, 3.63) is 211 Å². The molecule has 0 heterocycles. The molecule has 19 unspecified atom stereocenters. The topological polar surface area (TPSA) is 86.3 Å². The van der Waals surface area contributed by atoms with Crippen molar-refractivity contribution < 1.29 is 9.85 Å². The molecule has 19 atom stereocenters. The molecule has 6 aromatic rings. The van der Waals surface area contributed by atoms with Gasteiger partial charge in [-0.1, -0.05) is 173 Å². The van der Waals surface area contributed by atoms with Gasteiger partial charge in [0.15, 0.2) is 14.1 Å². The summed E-state index contributed by atoms with van der Waals surface area (Å²) in [7, 11) is 1.78. The lowest BCUT2D eigenvalue weighted by Crippen LogP contribution is -2.46. The first-order valence-electron chi connectivity index (χ1n) is 44.8. The van der Waals surface area contributed by atoms with Crippen LogP contribution in [0, 0.1) is 187 Å².